The molecule has 2 aromatic carbocycles. The number of alkyl halides is 2. The minimum atomic E-state index is -2.87. The summed E-state index contributed by atoms with van der Waals surface area (Å²) in [6.45, 7) is -2.87. The van der Waals surface area contributed by atoms with E-state index in [0.29, 0.717) is 12.0 Å². The fourth-order valence-electron chi connectivity index (χ4n) is 2.04. The maximum absolute atomic E-state index is 12.9. The van der Waals surface area contributed by atoms with Crippen LogP contribution in [0.1, 0.15) is 17.2 Å². The molecule has 0 aliphatic heterocycles. The lowest BCUT2D eigenvalue weighted by molar-refractivity contribution is -0.0499. The average molecular weight is 296 g/mol. The first-order valence-corrected chi connectivity index (χ1v) is 6.34. The Morgan fingerprint density at radius 3 is 2.43 bits per heavy atom. The normalized spacial score (nSPS) is 12.4. The number of ether oxygens (including phenoxy) is 1. The first kappa shape index (κ1) is 15.3. The molecule has 3 nitrogen and oxygen atoms in total. The third-order valence-electron chi connectivity index (χ3n) is 3.04. The first-order chi connectivity index (χ1) is 10.1. The zero-order chi connectivity index (χ0) is 15.2. The minimum absolute atomic E-state index is 0.0712. The van der Waals surface area contributed by atoms with Crippen molar-refractivity contribution in [2.24, 2.45) is 5.84 Å². The van der Waals surface area contributed by atoms with Crippen molar-refractivity contribution in [3.8, 4) is 5.75 Å². The molecule has 6 heteroatoms. The molecule has 0 spiro atoms. The van der Waals surface area contributed by atoms with Gasteiger partial charge in [-0.15, -0.1) is 0 Å². The van der Waals surface area contributed by atoms with E-state index >= 15 is 0 Å². The largest absolute Gasteiger partial charge is 0.435 e. The molecule has 0 bridgehead atoms. The lowest BCUT2D eigenvalue weighted by Gasteiger charge is -2.17. The summed E-state index contributed by atoms with van der Waals surface area (Å²) in [6.07, 6.45) is 0.495. The smallest absolute Gasteiger partial charge is 0.387 e. The molecular formula is C15H15F3N2O. The molecule has 0 heterocycles. The van der Waals surface area contributed by atoms with E-state index in [4.69, 9.17) is 5.84 Å². The van der Waals surface area contributed by atoms with Crippen LogP contribution in [0, 0.1) is 5.82 Å². The van der Waals surface area contributed by atoms with Crippen LogP contribution in [0.2, 0.25) is 0 Å². The van der Waals surface area contributed by atoms with Crippen LogP contribution in [-0.2, 0) is 6.42 Å². The molecule has 2 rings (SSSR count). The number of rotatable bonds is 6. The van der Waals surface area contributed by atoms with Gasteiger partial charge in [0.15, 0.2) is 0 Å². The highest BCUT2D eigenvalue weighted by Crippen LogP contribution is 2.23. The Balaban J connectivity index is 2.15. The summed E-state index contributed by atoms with van der Waals surface area (Å²) in [4.78, 5) is 0. The van der Waals surface area contributed by atoms with Crippen LogP contribution in [0.4, 0.5) is 13.2 Å². The lowest BCUT2D eigenvalue weighted by Crippen LogP contribution is -2.29. The highest BCUT2D eigenvalue weighted by molar-refractivity contribution is 5.32. The summed E-state index contributed by atoms with van der Waals surface area (Å²) in [7, 11) is 0. The number of nitrogens with two attached hydrogens (primary N) is 1. The van der Waals surface area contributed by atoms with Crippen molar-refractivity contribution in [3.05, 3.63) is 65.5 Å². The van der Waals surface area contributed by atoms with Crippen molar-refractivity contribution < 1.29 is 17.9 Å². The molecule has 0 saturated carbocycles. The zero-order valence-corrected chi connectivity index (χ0v) is 11.1. The molecule has 3 N–H and O–H groups in total. The van der Waals surface area contributed by atoms with Gasteiger partial charge in [-0.3, -0.25) is 11.3 Å². The molecular weight excluding hydrogens is 281 g/mol. The molecule has 0 aliphatic carbocycles. The molecule has 0 aromatic heterocycles. The standard InChI is InChI=1S/C15H15F3N2O/c16-12-6-4-10(5-7-12)8-14(20-19)11-2-1-3-13(9-11)21-15(17)18/h1-7,9,14-15,20H,8,19H2. The van der Waals surface area contributed by atoms with Gasteiger partial charge in [0.1, 0.15) is 11.6 Å². The highest BCUT2D eigenvalue weighted by atomic mass is 19.3. The fraction of sp³-hybridized carbons (Fsp3) is 0.200. The molecule has 1 unspecified atom stereocenters. The van der Waals surface area contributed by atoms with Crippen LogP contribution in [0.25, 0.3) is 0 Å². The third-order valence-corrected chi connectivity index (χ3v) is 3.04. The van der Waals surface area contributed by atoms with E-state index in [1.165, 1.54) is 24.3 Å². The molecule has 0 radical (unpaired) electrons. The van der Waals surface area contributed by atoms with Gasteiger partial charge in [-0.2, -0.15) is 8.78 Å². The quantitative estimate of drug-likeness (QED) is 0.636. The Bertz CT molecular complexity index is 575. The second kappa shape index (κ2) is 7.10. The molecule has 0 saturated heterocycles. The van der Waals surface area contributed by atoms with E-state index in [-0.39, 0.29) is 17.6 Å². The Morgan fingerprint density at radius 1 is 1.10 bits per heavy atom. The Labute approximate surface area is 120 Å². The minimum Gasteiger partial charge on any atom is -0.435 e. The predicted molar refractivity (Wildman–Crippen MR) is 73.2 cm³/mol. The van der Waals surface area contributed by atoms with E-state index in [1.807, 2.05) is 0 Å². The van der Waals surface area contributed by atoms with Gasteiger partial charge in [0.2, 0.25) is 0 Å². The maximum Gasteiger partial charge on any atom is 0.387 e. The van der Waals surface area contributed by atoms with Crippen molar-refractivity contribution in [2.75, 3.05) is 0 Å². The van der Waals surface area contributed by atoms with E-state index in [1.54, 1.807) is 24.3 Å². The van der Waals surface area contributed by atoms with Crippen molar-refractivity contribution in [1.29, 1.82) is 0 Å². The van der Waals surface area contributed by atoms with Crippen molar-refractivity contribution in [1.82, 2.24) is 5.43 Å². The van der Waals surface area contributed by atoms with E-state index in [9.17, 15) is 13.2 Å². The highest BCUT2D eigenvalue weighted by Gasteiger charge is 2.13. The average Bonchev–Trinajstić information content (AvgIpc) is 2.46. The summed E-state index contributed by atoms with van der Waals surface area (Å²) in [6, 6.07) is 12.0. The molecule has 0 aliphatic rings. The van der Waals surface area contributed by atoms with Crippen LogP contribution in [-0.4, -0.2) is 6.61 Å². The van der Waals surface area contributed by atoms with Crippen LogP contribution >= 0.6 is 0 Å². The van der Waals surface area contributed by atoms with Gasteiger partial charge in [-0.05, 0) is 41.8 Å². The Hall–Kier alpha value is -2.05. The van der Waals surface area contributed by atoms with E-state index in [0.717, 1.165) is 5.56 Å². The van der Waals surface area contributed by atoms with Crippen LogP contribution < -0.4 is 16.0 Å². The van der Waals surface area contributed by atoms with Gasteiger partial charge in [-0.1, -0.05) is 24.3 Å². The summed E-state index contributed by atoms with van der Waals surface area (Å²) >= 11 is 0. The Kier molecular flexibility index (Phi) is 5.19. The summed E-state index contributed by atoms with van der Waals surface area (Å²) < 4.78 is 41.7. The number of hydrogen-bond donors (Lipinski definition) is 2. The molecule has 112 valence electrons. The van der Waals surface area contributed by atoms with Crippen LogP contribution in [0.3, 0.4) is 0 Å². The second-order valence-electron chi connectivity index (χ2n) is 4.50. The maximum atomic E-state index is 12.9. The van der Waals surface area contributed by atoms with E-state index < -0.39 is 6.61 Å². The monoisotopic (exact) mass is 296 g/mol. The van der Waals surface area contributed by atoms with Gasteiger partial charge in [0, 0.05) is 0 Å². The number of hydrogen-bond acceptors (Lipinski definition) is 3. The van der Waals surface area contributed by atoms with Gasteiger partial charge in [0.05, 0.1) is 6.04 Å². The molecule has 21 heavy (non-hydrogen) atoms. The SMILES string of the molecule is NNC(Cc1ccc(F)cc1)c1cccc(OC(F)F)c1. The number of nitrogens with one attached hydrogen (secondary N) is 1. The molecule has 2 aromatic rings. The number of hydrazine groups is 1. The van der Waals surface area contributed by atoms with Gasteiger partial charge >= 0.3 is 6.61 Å². The fourth-order valence-corrected chi connectivity index (χ4v) is 2.04. The van der Waals surface area contributed by atoms with Crippen LogP contribution in [0.15, 0.2) is 48.5 Å². The van der Waals surface area contributed by atoms with Gasteiger partial charge in [-0.25, -0.2) is 4.39 Å². The molecule has 1 atom stereocenters. The molecule has 0 amide bonds. The lowest BCUT2D eigenvalue weighted by atomic mass is 9.99. The third kappa shape index (κ3) is 4.47. The van der Waals surface area contributed by atoms with Gasteiger partial charge < -0.3 is 4.74 Å². The van der Waals surface area contributed by atoms with Crippen molar-refractivity contribution in [2.45, 2.75) is 19.1 Å². The number of benzene rings is 2. The van der Waals surface area contributed by atoms with Gasteiger partial charge in [0.25, 0.3) is 0 Å². The van der Waals surface area contributed by atoms with Crippen molar-refractivity contribution in [3.63, 3.8) is 0 Å². The van der Waals surface area contributed by atoms with Crippen molar-refractivity contribution >= 4 is 0 Å². The van der Waals surface area contributed by atoms with E-state index in [2.05, 4.69) is 10.2 Å². The summed E-state index contributed by atoms with van der Waals surface area (Å²) in [5.41, 5.74) is 4.21. The second-order valence-corrected chi connectivity index (χ2v) is 4.50. The number of halogens is 3. The molecule has 0 fully saturated rings. The topological polar surface area (TPSA) is 47.3 Å². The summed E-state index contributed by atoms with van der Waals surface area (Å²) in [5, 5.41) is 0. The first-order valence-electron chi connectivity index (χ1n) is 6.34. The predicted octanol–water partition coefficient (Wildman–Crippen LogP) is 3.17. The zero-order valence-electron chi connectivity index (χ0n) is 11.1. The summed E-state index contributed by atoms with van der Waals surface area (Å²) in [5.74, 6) is 5.28. The Morgan fingerprint density at radius 2 is 1.81 bits per heavy atom. The van der Waals surface area contributed by atoms with Crippen LogP contribution in [0.5, 0.6) is 5.75 Å².